The Balaban J connectivity index is 1.97. The van der Waals surface area contributed by atoms with Gasteiger partial charge in [0.25, 0.3) is 0 Å². The Morgan fingerprint density at radius 2 is 2.00 bits per heavy atom. The van der Waals surface area contributed by atoms with E-state index in [4.69, 9.17) is 0 Å². The van der Waals surface area contributed by atoms with Gasteiger partial charge < -0.3 is 10.2 Å². The van der Waals surface area contributed by atoms with Crippen molar-refractivity contribution in [1.82, 2.24) is 10.2 Å². The summed E-state index contributed by atoms with van der Waals surface area (Å²) in [4.78, 5) is 15.2. The van der Waals surface area contributed by atoms with E-state index in [1.807, 2.05) is 0 Å². The highest BCUT2D eigenvalue weighted by Gasteiger charge is 2.38. The van der Waals surface area contributed by atoms with E-state index in [1.165, 1.54) is 38.5 Å². The zero-order valence-corrected chi connectivity index (χ0v) is 13.4. The molecule has 1 N–H and O–H groups in total. The normalized spacial score (nSPS) is 25.6. The molecule has 1 amide bonds. The van der Waals surface area contributed by atoms with E-state index in [2.05, 4.69) is 24.1 Å². The molecule has 0 aromatic rings. The van der Waals surface area contributed by atoms with Crippen molar-refractivity contribution in [3.05, 3.63) is 0 Å². The number of nitrogens with zero attached hydrogens (tertiary/aromatic N) is 1. The number of amides is 1. The minimum Gasteiger partial charge on any atom is -0.341 e. The molecular weight excluding hydrogens is 248 g/mol. The van der Waals surface area contributed by atoms with Crippen molar-refractivity contribution < 1.29 is 4.79 Å². The fourth-order valence-electron chi connectivity index (χ4n) is 3.73. The third-order valence-corrected chi connectivity index (χ3v) is 5.15. The lowest BCUT2D eigenvalue weighted by Crippen LogP contribution is -2.48. The van der Waals surface area contributed by atoms with Gasteiger partial charge in [-0.2, -0.15) is 0 Å². The van der Waals surface area contributed by atoms with Crippen LogP contribution >= 0.6 is 0 Å². The lowest BCUT2D eigenvalue weighted by Gasteiger charge is -2.38. The zero-order valence-electron chi connectivity index (χ0n) is 13.4. The topological polar surface area (TPSA) is 32.3 Å². The van der Waals surface area contributed by atoms with Crippen LogP contribution in [0.4, 0.5) is 0 Å². The van der Waals surface area contributed by atoms with Crippen molar-refractivity contribution in [1.29, 1.82) is 0 Å². The summed E-state index contributed by atoms with van der Waals surface area (Å²) < 4.78 is 0. The van der Waals surface area contributed by atoms with Gasteiger partial charge in [-0.15, -0.1) is 0 Å². The Bertz CT molecular complexity index is 304. The number of unbranched alkanes of at least 4 members (excludes halogenated alkanes) is 1. The summed E-state index contributed by atoms with van der Waals surface area (Å²) in [6, 6.07) is 0.531. The summed E-state index contributed by atoms with van der Waals surface area (Å²) in [6.07, 6.45) is 10.7. The minimum atomic E-state index is -0.0788. The molecule has 3 heteroatoms. The predicted molar refractivity (Wildman–Crippen MR) is 83.7 cm³/mol. The van der Waals surface area contributed by atoms with Gasteiger partial charge in [0.2, 0.25) is 5.91 Å². The summed E-state index contributed by atoms with van der Waals surface area (Å²) >= 11 is 0. The van der Waals surface area contributed by atoms with Crippen LogP contribution in [0.15, 0.2) is 0 Å². The van der Waals surface area contributed by atoms with Crippen LogP contribution < -0.4 is 5.32 Å². The molecule has 3 nitrogen and oxygen atoms in total. The second kappa shape index (κ2) is 7.44. The summed E-state index contributed by atoms with van der Waals surface area (Å²) in [7, 11) is 0. The number of hydrogen-bond donors (Lipinski definition) is 1. The van der Waals surface area contributed by atoms with Gasteiger partial charge in [0.1, 0.15) is 0 Å². The minimum absolute atomic E-state index is 0.0788. The molecule has 1 atom stereocenters. The molecule has 1 saturated heterocycles. The lowest BCUT2D eigenvalue weighted by atomic mass is 9.74. The molecule has 2 aliphatic rings. The standard InChI is InChI=1S/C17H32N2O/c1-3-4-13-19(14-15-9-8-12-18-15)16(20)17(2)10-6-5-7-11-17/h15,18H,3-14H2,1-2H3. The van der Waals surface area contributed by atoms with Gasteiger partial charge in [0.05, 0.1) is 0 Å². The second-order valence-electron chi connectivity index (χ2n) is 7.02. The maximum atomic E-state index is 13.0. The first kappa shape index (κ1) is 15.8. The molecule has 2 rings (SSSR count). The highest BCUT2D eigenvalue weighted by atomic mass is 16.2. The van der Waals surface area contributed by atoms with Crippen LogP contribution in [0.5, 0.6) is 0 Å². The highest BCUT2D eigenvalue weighted by molar-refractivity contribution is 5.82. The Morgan fingerprint density at radius 3 is 2.60 bits per heavy atom. The molecule has 0 aromatic carbocycles. The first-order chi connectivity index (χ1) is 9.65. The van der Waals surface area contributed by atoms with Gasteiger partial charge in [0.15, 0.2) is 0 Å². The molecule has 0 spiro atoms. The van der Waals surface area contributed by atoms with Gasteiger partial charge >= 0.3 is 0 Å². The first-order valence-corrected chi connectivity index (χ1v) is 8.68. The molecule has 116 valence electrons. The van der Waals surface area contributed by atoms with Crippen molar-refractivity contribution in [3.8, 4) is 0 Å². The smallest absolute Gasteiger partial charge is 0.228 e. The molecule has 1 aliphatic heterocycles. The predicted octanol–water partition coefficient (Wildman–Crippen LogP) is 3.34. The van der Waals surface area contributed by atoms with Crippen LogP contribution in [0.1, 0.15) is 71.6 Å². The zero-order chi connectivity index (χ0) is 14.4. The molecule has 1 saturated carbocycles. The SMILES string of the molecule is CCCCN(CC1CCCN1)C(=O)C1(C)CCCCC1. The summed E-state index contributed by atoms with van der Waals surface area (Å²) in [5.41, 5.74) is -0.0788. The second-order valence-corrected chi connectivity index (χ2v) is 7.02. The quantitative estimate of drug-likeness (QED) is 0.809. The largest absolute Gasteiger partial charge is 0.341 e. The van der Waals surface area contributed by atoms with Gasteiger partial charge in [0, 0.05) is 24.5 Å². The third-order valence-electron chi connectivity index (χ3n) is 5.15. The van der Waals surface area contributed by atoms with E-state index in [0.29, 0.717) is 11.9 Å². The number of nitrogens with one attached hydrogen (secondary N) is 1. The Kier molecular flexibility index (Phi) is 5.88. The Morgan fingerprint density at radius 1 is 1.25 bits per heavy atom. The molecule has 0 aromatic heterocycles. The van der Waals surface area contributed by atoms with Crippen LogP contribution in [0.25, 0.3) is 0 Å². The molecule has 2 fully saturated rings. The fraction of sp³-hybridized carbons (Fsp3) is 0.941. The lowest BCUT2D eigenvalue weighted by molar-refractivity contribution is -0.143. The fourth-order valence-corrected chi connectivity index (χ4v) is 3.73. The Hall–Kier alpha value is -0.570. The van der Waals surface area contributed by atoms with E-state index in [9.17, 15) is 4.79 Å². The summed E-state index contributed by atoms with van der Waals surface area (Å²) in [5, 5.41) is 3.54. The highest BCUT2D eigenvalue weighted by Crippen LogP contribution is 2.37. The Labute approximate surface area is 124 Å². The number of carbonyl (C=O) groups excluding carboxylic acids is 1. The van der Waals surface area contributed by atoms with Crippen LogP contribution in [0, 0.1) is 5.41 Å². The van der Waals surface area contributed by atoms with E-state index in [-0.39, 0.29) is 5.41 Å². The number of rotatable bonds is 6. The van der Waals surface area contributed by atoms with Crippen LogP contribution in [-0.4, -0.2) is 36.5 Å². The van der Waals surface area contributed by atoms with Crippen LogP contribution in [0.3, 0.4) is 0 Å². The molecule has 1 heterocycles. The van der Waals surface area contributed by atoms with Gasteiger partial charge in [-0.05, 0) is 38.6 Å². The first-order valence-electron chi connectivity index (χ1n) is 8.68. The van der Waals surface area contributed by atoms with Crippen molar-refractivity contribution in [2.75, 3.05) is 19.6 Å². The van der Waals surface area contributed by atoms with Crippen molar-refractivity contribution in [2.45, 2.75) is 77.7 Å². The molecular formula is C17H32N2O. The van der Waals surface area contributed by atoms with Crippen molar-refractivity contribution >= 4 is 5.91 Å². The molecule has 1 aliphatic carbocycles. The van der Waals surface area contributed by atoms with Crippen molar-refractivity contribution in [2.24, 2.45) is 5.41 Å². The molecule has 1 unspecified atom stereocenters. The van der Waals surface area contributed by atoms with E-state index < -0.39 is 0 Å². The van der Waals surface area contributed by atoms with Gasteiger partial charge in [-0.1, -0.05) is 39.5 Å². The van der Waals surface area contributed by atoms with E-state index in [0.717, 1.165) is 38.9 Å². The van der Waals surface area contributed by atoms with Crippen LogP contribution in [-0.2, 0) is 4.79 Å². The molecule has 20 heavy (non-hydrogen) atoms. The van der Waals surface area contributed by atoms with Gasteiger partial charge in [-0.25, -0.2) is 0 Å². The number of hydrogen-bond acceptors (Lipinski definition) is 2. The average Bonchev–Trinajstić information content (AvgIpc) is 2.96. The summed E-state index contributed by atoms with van der Waals surface area (Å²) in [5.74, 6) is 0.430. The van der Waals surface area contributed by atoms with Crippen molar-refractivity contribution in [3.63, 3.8) is 0 Å². The summed E-state index contributed by atoms with van der Waals surface area (Å²) in [6.45, 7) is 7.41. The van der Waals surface area contributed by atoms with Gasteiger partial charge in [-0.3, -0.25) is 4.79 Å². The maximum Gasteiger partial charge on any atom is 0.228 e. The van der Waals surface area contributed by atoms with Crippen LogP contribution in [0.2, 0.25) is 0 Å². The van der Waals surface area contributed by atoms with E-state index in [1.54, 1.807) is 0 Å². The molecule has 0 radical (unpaired) electrons. The number of carbonyl (C=O) groups is 1. The monoisotopic (exact) mass is 280 g/mol. The molecule has 0 bridgehead atoms. The third kappa shape index (κ3) is 3.97. The maximum absolute atomic E-state index is 13.0. The van der Waals surface area contributed by atoms with E-state index >= 15 is 0 Å². The average molecular weight is 280 g/mol.